The van der Waals surface area contributed by atoms with Gasteiger partial charge in [-0.2, -0.15) is 5.11 Å². The molecule has 0 aromatic heterocycles. The van der Waals surface area contributed by atoms with Gasteiger partial charge in [-0.1, -0.05) is 6.07 Å². The largest absolute Gasteiger partial charge is 1.00 e. The van der Waals surface area contributed by atoms with Gasteiger partial charge in [0, 0.05) is 16.5 Å². The number of nitrogens with one attached hydrogen (secondary N) is 1. The van der Waals surface area contributed by atoms with Crippen molar-refractivity contribution in [2.75, 3.05) is 7.11 Å². The van der Waals surface area contributed by atoms with Crippen LogP contribution in [-0.4, -0.2) is 38.2 Å². The Kier molecular flexibility index (Phi) is 9.48. The summed E-state index contributed by atoms with van der Waals surface area (Å²) in [6.45, 7) is 1.39. The van der Waals surface area contributed by atoms with Crippen LogP contribution in [0.2, 0.25) is 0 Å². The number of ether oxygens (including phenoxy) is 1. The first-order chi connectivity index (χ1) is 13.9. The summed E-state index contributed by atoms with van der Waals surface area (Å²) in [7, 11) is -8.46. The molecular weight excluding hydrogens is 482 g/mol. The molecule has 0 aliphatic carbocycles. The van der Waals surface area contributed by atoms with Gasteiger partial charge in [-0.15, -0.1) is 0 Å². The molecule has 0 heterocycles. The second-order valence-corrected chi connectivity index (χ2v) is 9.00. The molecule has 3 aromatic carbocycles. The van der Waals surface area contributed by atoms with Crippen LogP contribution >= 0.6 is 0 Å². The molecule has 0 saturated heterocycles. The molecule has 3 aromatic rings. The van der Waals surface area contributed by atoms with E-state index in [-0.39, 0.29) is 98.1 Å². The quantitative estimate of drug-likeness (QED) is 0.213. The van der Waals surface area contributed by atoms with Crippen molar-refractivity contribution in [3.63, 3.8) is 0 Å². The molecule has 0 saturated carbocycles. The molecule has 0 atom stereocenters. The molecule has 0 unspecified atom stereocenters. The van der Waals surface area contributed by atoms with E-state index in [0.29, 0.717) is 0 Å². The van der Waals surface area contributed by atoms with Gasteiger partial charge >= 0.3 is 59.1 Å². The van der Waals surface area contributed by atoms with Crippen LogP contribution in [0.1, 0.15) is 5.56 Å². The van der Waals surface area contributed by atoms with E-state index in [1.165, 1.54) is 38.3 Å². The standard InChI is InChI=1S/C18H16N2O8S2.2Na/c1-9-7-12(14(28-2)8-16(9)30(25,26)27)17-10-4-6-15(29(22,23)24)18(20-19)11(10)3-5-13(17)21;;/h3-8,19,21H,1-2H3,(H,22,23,24)(H,25,26,27);;/q;2*+1/p-2. The zero-order chi connectivity index (χ0) is 22.4. The van der Waals surface area contributed by atoms with Crippen molar-refractivity contribution >= 4 is 36.7 Å². The molecule has 0 radical (unpaired) electrons. The zero-order valence-electron chi connectivity index (χ0n) is 17.5. The number of nitrogens with zero attached hydrogens (tertiary/aromatic N) is 1. The topological polar surface area (TPSA) is 180 Å². The first-order valence-electron chi connectivity index (χ1n) is 8.17. The van der Waals surface area contributed by atoms with E-state index in [2.05, 4.69) is 5.11 Å². The molecule has 10 nitrogen and oxygen atoms in total. The van der Waals surface area contributed by atoms with Gasteiger partial charge in [0.15, 0.2) is 0 Å². The minimum Gasteiger partial charge on any atom is -0.744 e. The fourth-order valence-electron chi connectivity index (χ4n) is 3.26. The van der Waals surface area contributed by atoms with Gasteiger partial charge in [0.05, 0.1) is 16.9 Å². The fourth-order valence-corrected chi connectivity index (χ4v) is 4.59. The minimum atomic E-state index is -4.92. The van der Waals surface area contributed by atoms with E-state index in [0.717, 1.165) is 12.1 Å². The Labute approximate surface area is 228 Å². The van der Waals surface area contributed by atoms with Crippen LogP contribution < -0.4 is 63.9 Å². The summed E-state index contributed by atoms with van der Waals surface area (Å²) in [5, 5.41) is 14.0. The molecule has 158 valence electrons. The molecule has 0 spiro atoms. The number of phenolic OH excluding ortho intramolecular Hbond substituents is 1. The molecule has 0 aliphatic heterocycles. The predicted molar refractivity (Wildman–Crippen MR) is 103 cm³/mol. The SMILES string of the molecule is COc1cc(S(=O)(=O)[O-])c(C)cc1-c1c(O)ccc2c(N=N)c(S(=O)(=O)[O-])ccc12.[Na+].[Na+]. The Bertz CT molecular complexity index is 1420. The molecule has 2 N–H and O–H groups in total. The molecular formula is C18H14N2Na2O8S2. The summed E-state index contributed by atoms with van der Waals surface area (Å²) in [5.74, 6) is -0.311. The number of benzene rings is 3. The Morgan fingerprint density at radius 3 is 2.00 bits per heavy atom. The van der Waals surface area contributed by atoms with Crippen LogP contribution in [-0.2, 0) is 20.2 Å². The van der Waals surface area contributed by atoms with E-state index in [1.807, 2.05) is 0 Å². The van der Waals surface area contributed by atoms with Crippen LogP contribution in [0, 0.1) is 12.5 Å². The van der Waals surface area contributed by atoms with Crippen LogP contribution in [0.3, 0.4) is 0 Å². The number of hydrogen-bond acceptors (Lipinski definition) is 10. The van der Waals surface area contributed by atoms with E-state index in [9.17, 15) is 31.0 Å². The van der Waals surface area contributed by atoms with Gasteiger partial charge in [-0.3, -0.25) is 0 Å². The Hall–Kier alpha value is -1.06. The van der Waals surface area contributed by atoms with Crippen molar-refractivity contribution in [1.82, 2.24) is 0 Å². The van der Waals surface area contributed by atoms with E-state index in [4.69, 9.17) is 10.3 Å². The summed E-state index contributed by atoms with van der Waals surface area (Å²) in [6, 6.07) is 7.09. The smallest absolute Gasteiger partial charge is 0.744 e. The van der Waals surface area contributed by atoms with Gasteiger partial charge in [0.2, 0.25) is 0 Å². The predicted octanol–water partition coefficient (Wildman–Crippen LogP) is -2.99. The van der Waals surface area contributed by atoms with Gasteiger partial charge in [-0.05, 0) is 48.2 Å². The number of rotatable bonds is 5. The summed E-state index contributed by atoms with van der Waals surface area (Å²) in [6.07, 6.45) is 0. The molecule has 32 heavy (non-hydrogen) atoms. The third-order valence-corrected chi connectivity index (χ3v) is 6.38. The number of phenols is 1. The van der Waals surface area contributed by atoms with Gasteiger partial charge in [-0.25, -0.2) is 22.4 Å². The van der Waals surface area contributed by atoms with E-state index < -0.39 is 35.7 Å². The molecule has 3 rings (SSSR count). The van der Waals surface area contributed by atoms with Gasteiger partial charge in [0.1, 0.15) is 37.4 Å². The van der Waals surface area contributed by atoms with Gasteiger partial charge in [0.25, 0.3) is 0 Å². The van der Waals surface area contributed by atoms with Crippen LogP contribution in [0.5, 0.6) is 11.5 Å². The van der Waals surface area contributed by atoms with Crippen molar-refractivity contribution in [2.45, 2.75) is 16.7 Å². The summed E-state index contributed by atoms with van der Waals surface area (Å²) in [4.78, 5) is -1.19. The zero-order valence-corrected chi connectivity index (χ0v) is 23.2. The first-order valence-corrected chi connectivity index (χ1v) is 11.0. The van der Waals surface area contributed by atoms with Crippen LogP contribution in [0.4, 0.5) is 5.69 Å². The third kappa shape index (κ3) is 5.36. The maximum atomic E-state index is 11.5. The van der Waals surface area contributed by atoms with Crippen molar-refractivity contribution in [2.24, 2.45) is 5.11 Å². The number of fused-ring (bicyclic) bond motifs is 1. The summed E-state index contributed by atoms with van der Waals surface area (Å²) < 4.78 is 74.2. The molecule has 0 aliphatic rings. The Morgan fingerprint density at radius 2 is 1.50 bits per heavy atom. The summed E-state index contributed by atoms with van der Waals surface area (Å²) in [5.41, 5.74) is 7.33. The van der Waals surface area contributed by atoms with Crippen molar-refractivity contribution in [1.29, 1.82) is 5.53 Å². The molecule has 0 fully saturated rings. The van der Waals surface area contributed by atoms with Crippen molar-refractivity contribution < 1.29 is 94.9 Å². The molecule has 14 heteroatoms. The maximum absolute atomic E-state index is 11.5. The summed E-state index contributed by atoms with van der Waals surface area (Å²) >= 11 is 0. The van der Waals surface area contributed by atoms with Crippen molar-refractivity contribution in [3.8, 4) is 22.6 Å². The maximum Gasteiger partial charge on any atom is 1.00 e. The van der Waals surface area contributed by atoms with E-state index in [1.54, 1.807) is 0 Å². The average molecular weight is 496 g/mol. The second kappa shape index (κ2) is 10.5. The van der Waals surface area contributed by atoms with E-state index >= 15 is 0 Å². The average Bonchev–Trinajstić information content (AvgIpc) is 2.64. The van der Waals surface area contributed by atoms with Crippen molar-refractivity contribution in [3.05, 3.63) is 42.0 Å². The number of aromatic hydroxyl groups is 1. The number of hydrogen-bond donors (Lipinski definition) is 2. The molecule has 0 amide bonds. The minimum absolute atomic E-state index is 0. The third-order valence-electron chi connectivity index (χ3n) is 4.53. The Morgan fingerprint density at radius 1 is 0.938 bits per heavy atom. The van der Waals surface area contributed by atoms with Crippen LogP contribution in [0.25, 0.3) is 21.9 Å². The number of aryl methyl sites for hydroxylation is 1. The first kappa shape index (κ1) is 29.0. The van der Waals surface area contributed by atoms with Gasteiger partial charge < -0.3 is 18.9 Å². The second-order valence-electron chi connectivity index (χ2n) is 6.31. The normalized spacial score (nSPS) is 11.4. The monoisotopic (exact) mass is 496 g/mol. The Balaban J connectivity index is 0.00000256. The van der Waals surface area contributed by atoms with Crippen LogP contribution in [0.15, 0.2) is 51.3 Å². The molecule has 0 bridgehead atoms. The fraction of sp³-hybridized carbons (Fsp3) is 0.111. The number of methoxy groups -OCH3 is 1.